The lowest BCUT2D eigenvalue weighted by Crippen LogP contribution is -2.39. The van der Waals surface area contributed by atoms with Gasteiger partial charge in [-0.1, -0.05) is 44.2 Å². The molecule has 7 heteroatoms. The van der Waals surface area contributed by atoms with Gasteiger partial charge < -0.3 is 10.6 Å². The number of benzene rings is 1. The third-order valence-corrected chi connectivity index (χ3v) is 5.57. The van der Waals surface area contributed by atoms with Crippen LogP contribution in [0.25, 0.3) is 0 Å². The molecule has 2 N–H and O–H groups in total. The molecular weight excluding hydrogens is 487 g/mol. The van der Waals surface area contributed by atoms with Crippen LogP contribution < -0.4 is 10.6 Å². The zero-order chi connectivity index (χ0) is 21.2. The van der Waals surface area contributed by atoms with E-state index in [1.807, 2.05) is 18.8 Å². The number of aromatic nitrogens is 2. The van der Waals surface area contributed by atoms with Crippen molar-refractivity contribution in [1.29, 1.82) is 0 Å². The van der Waals surface area contributed by atoms with Crippen LogP contribution in [-0.4, -0.2) is 47.3 Å². The van der Waals surface area contributed by atoms with E-state index in [1.54, 1.807) is 0 Å². The predicted molar refractivity (Wildman–Crippen MR) is 138 cm³/mol. The van der Waals surface area contributed by atoms with E-state index >= 15 is 0 Å². The van der Waals surface area contributed by atoms with Gasteiger partial charge in [0.15, 0.2) is 5.96 Å². The summed E-state index contributed by atoms with van der Waals surface area (Å²) in [5.41, 5.74) is 5.11. The molecule has 30 heavy (non-hydrogen) atoms. The first-order valence-corrected chi connectivity index (χ1v) is 10.7. The van der Waals surface area contributed by atoms with Gasteiger partial charge >= 0.3 is 0 Å². The molecule has 0 bridgehead atoms. The third-order valence-electron chi connectivity index (χ3n) is 5.57. The average molecular weight is 527 g/mol. The smallest absolute Gasteiger partial charge is 0.191 e. The minimum absolute atomic E-state index is 0. The Bertz CT molecular complexity index is 772. The molecule has 0 saturated carbocycles. The maximum Gasteiger partial charge on any atom is 0.191 e. The average Bonchev–Trinajstić information content (AvgIpc) is 3.05. The largest absolute Gasteiger partial charge is 0.356 e. The highest BCUT2D eigenvalue weighted by Gasteiger charge is 2.14. The highest BCUT2D eigenvalue weighted by molar-refractivity contribution is 14.0. The van der Waals surface area contributed by atoms with Gasteiger partial charge in [0.2, 0.25) is 0 Å². The first-order chi connectivity index (χ1) is 14.0. The van der Waals surface area contributed by atoms with Gasteiger partial charge in [0.05, 0.1) is 5.69 Å². The van der Waals surface area contributed by atoms with Crippen molar-refractivity contribution in [2.24, 2.45) is 12.0 Å². The predicted octanol–water partition coefficient (Wildman–Crippen LogP) is 3.74. The molecular formula is C23H39IN6. The SMILES string of the molecule is CCc1nn(C)c(CC)c1CNC(=NC)NCCC(C)N(C)Cc1ccccc1.I. The number of halogens is 1. The van der Waals surface area contributed by atoms with Crippen molar-refractivity contribution in [2.75, 3.05) is 20.6 Å². The molecule has 1 aromatic carbocycles. The van der Waals surface area contributed by atoms with Crippen LogP contribution in [0.4, 0.5) is 0 Å². The van der Waals surface area contributed by atoms with Crippen LogP contribution in [0.15, 0.2) is 35.3 Å². The van der Waals surface area contributed by atoms with Crippen molar-refractivity contribution < 1.29 is 0 Å². The van der Waals surface area contributed by atoms with Crippen LogP contribution in [0.2, 0.25) is 0 Å². The van der Waals surface area contributed by atoms with E-state index in [1.165, 1.54) is 22.5 Å². The molecule has 6 nitrogen and oxygen atoms in total. The van der Waals surface area contributed by atoms with E-state index in [2.05, 4.69) is 83.8 Å². The minimum atomic E-state index is 0. The number of guanidine groups is 1. The molecule has 0 saturated heterocycles. The molecule has 0 spiro atoms. The quantitative estimate of drug-likeness (QED) is 0.282. The fourth-order valence-electron chi connectivity index (χ4n) is 3.63. The zero-order valence-corrected chi connectivity index (χ0v) is 21.7. The zero-order valence-electron chi connectivity index (χ0n) is 19.4. The highest BCUT2D eigenvalue weighted by Crippen LogP contribution is 2.15. The molecule has 1 heterocycles. The lowest BCUT2D eigenvalue weighted by molar-refractivity contribution is 0.238. The van der Waals surface area contributed by atoms with Crippen LogP contribution in [-0.2, 0) is 33.0 Å². The first kappa shape index (κ1) is 26.4. The second-order valence-electron chi connectivity index (χ2n) is 7.59. The van der Waals surface area contributed by atoms with Crippen LogP contribution >= 0.6 is 24.0 Å². The van der Waals surface area contributed by atoms with E-state index < -0.39 is 0 Å². The van der Waals surface area contributed by atoms with Crippen LogP contribution in [0.5, 0.6) is 0 Å². The van der Waals surface area contributed by atoms with Crippen LogP contribution in [0.3, 0.4) is 0 Å². The van der Waals surface area contributed by atoms with Gasteiger partial charge in [-0.25, -0.2) is 0 Å². The molecule has 0 aliphatic heterocycles. The second-order valence-corrected chi connectivity index (χ2v) is 7.59. The normalized spacial score (nSPS) is 12.6. The minimum Gasteiger partial charge on any atom is -0.356 e. The topological polar surface area (TPSA) is 57.5 Å². The standard InChI is InChI=1S/C23H38N6.HI/c1-7-21-20(22(8-2)29(6)27-21)16-26-23(24-4)25-15-14-18(3)28(5)17-19-12-10-9-11-13-19;/h9-13,18H,7-8,14-17H2,1-6H3,(H2,24,25,26);1H. The number of hydrogen-bond donors (Lipinski definition) is 2. The Morgan fingerprint density at radius 3 is 2.47 bits per heavy atom. The molecule has 0 amide bonds. The number of nitrogens with zero attached hydrogens (tertiary/aromatic N) is 4. The van der Waals surface area contributed by atoms with Crippen LogP contribution in [0, 0.1) is 0 Å². The summed E-state index contributed by atoms with van der Waals surface area (Å²) in [5.74, 6) is 0.843. The number of hydrogen-bond acceptors (Lipinski definition) is 3. The molecule has 2 aromatic rings. The molecule has 2 rings (SSSR count). The van der Waals surface area contributed by atoms with Gasteiger partial charge in [0.25, 0.3) is 0 Å². The number of rotatable bonds is 10. The van der Waals surface area contributed by atoms with E-state index in [0.29, 0.717) is 6.04 Å². The fourth-order valence-corrected chi connectivity index (χ4v) is 3.63. The van der Waals surface area contributed by atoms with Gasteiger partial charge in [-0.05, 0) is 38.8 Å². The Morgan fingerprint density at radius 2 is 1.87 bits per heavy atom. The van der Waals surface area contributed by atoms with Crippen molar-refractivity contribution >= 4 is 29.9 Å². The Balaban J connectivity index is 0.00000450. The summed E-state index contributed by atoms with van der Waals surface area (Å²) >= 11 is 0. The third kappa shape index (κ3) is 7.58. The Hall–Kier alpha value is -1.61. The summed E-state index contributed by atoms with van der Waals surface area (Å²) in [6, 6.07) is 11.1. The van der Waals surface area contributed by atoms with E-state index in [9.17, 15) is 0 Å². The monoisotopic (exact) mass is 526 g/mol. The molecule has 0 aliphatic carbocycles. The van der Waals surface area contributed by atoms with Crippen molar-refractivity contribution in [3.63, 3.8) is 0 Å². The maximum absolute atomic E-state index is 4.65. The highest BCUT2D eigenvalue weighted by atomic mass is 127. The first-order valence-electron chi connectivity index (χ1n) is 10.7. The van der Waals surface area contributed by atoms with E-state index in [0.717, 1.165) is 44.9 Å². The molecule has 168 valence electrons. The van der Waals surface area contributed by atoms with Gasteiger partial charge in [0.1, 0.15) is 0 Å². The maximum atomic E-state index is 4.65. The van der Waals surface area contributed by atoms with E-state index in [-0.39, 0.29) is 24.0 Å². The van der Waals surface area contributed by atoms with Crippen molar-refractivity contribution in [3.8, 4) is 0 Å². The Kier molecular flexibility index (Phi) is 12.0. The Morgan fingerprint density at radius 1 is 1.17 bits per heavy atom. The molecule has 0 radical (unpaired) electrons. The lowest BCUT2D eigenvalue weighted by atomic mass is 10.1. The summed E-state index contributed by atoms with van der Waals surface area (Å²) in [6.45, 7) is 9.22. The van der Waals surface area contributed by atoms with Crippen molar-refractivity contribution in [2.45, 2.75) is 59.2 Å². The molecule has 0 fully saturated rings. The molecule has 0 aliphatic rings. The van der Waals surface area contributed by atoms with Crippen LogP contribution in [0.1, 0.15) is 49.7 Å². The van der Waals surface area contributed by atoms with Gasteiger partial charge in [-0.3, -0.25) is 14.6 Å². The van der Waals surface area contributed by atoms with E-state index in [4.69, 9.17) is 0 Å². The molecule has 1 unspecified atom stereocenters. The van der Waals surface area contributed by atoms with Gasteiger partial charge in [0, 0.05) is 51.0 Å². The number of aliphatic imine (C=N–C) groups is 1. The number of nitrogens with one attached hydrogen (secondary N) is 2. The van der Waals surface area contributed by atoms with Gasteiger partial charge in [-0.2, -0.15) is 5.10 Å². The fraction of sp³-hybridized carbons (Fsp3) is 0.565. The summed E-state index contributed by atoms with van der Waals surface area (Å²) in [4.78, 5) is 6.78. The van der Waals surface area contributed by atoms with Crippen molar-refractivity contribution in [1.82, 2.24) is 25.3 Å². The van der Waals surface area contributed by atoms with Crippen molar-refractivity contribution in [3.05, 3.63) is 52.8 Å². The molecule has 1 atom stereocenters. The summed E-state index contributed by atoms with van der Waals surface area (Å²) in [6.07, 6.45) is 2.98. The number of aryl methyl sites for hydroxylation is 2. The lowest BCUT2D eigenvalue weighted by Gasteiger charge is -2.25. The Labute approximate surface area is 199 Å². The molecule has 1 aromatic heterocycles. The summed E-state index contributed by atoms with van der Waals surface area (Å²) < 4.78 is 2.01. The van der Waals surface area contributed by atoms with Gasteiger partial charge in [-0.15, -0.1) is 24.0 Å². The summed E-state index contributed by atoms with van der Waals surface area (Å²) in [5, 5.41) is 11.6. The second kappa shape index (κ2) is 13.6. The summed E-state index contributed by atoms with van der Waals surface area (Å²) in [7, 11) is 6.04.